The molecule has 0 aliphatic carbocycles. The molecule has 0 aliphatic heterocycles. The van der Waals surface area contributed by atoms with Gasteiger partial charge in [-0.25, -0.2) is 4.68 Å². The van der Waals surface area contributed by atoms with Crippen LogP contribution in [0.15, 0.2) is 18.2 Å². The van der Waals surface area contributed by atoms with Gasteiger partial charge >= 0.3 is 0 Å². The molecule has 2 rings (SSSR count). The summed E-state index contributed by atoms with van der Waals surface area (Å²) in [5.74, 6) is 1.34. The van der Waals surface area contributed by atoms with E-state index in [4.69, 9.17) is 15.2 Å². The van der Waals surface area contributed by atoms with Gasteiger partial charge < -0.3 is 15.2 Å². The van der Waals surface area contributed by atoms with Crippen molar-refractivity contribution in [2.75, 3.05) is 26.6 Å². The molecule has 0 fully saturated rings. The van der Waals surface area contributed by atoms with Gasteiger partial charge in [0.1, 0.15) is 5.75 Å². The van der Waals surface area contributed by atoms with Crippen LogP contribution < -0.4 is 10.5 Å². The first kappa shape index (κ1) is 15.2. The van der Waals surface area contributed by atoms with Crippen LogP contribution in [0.4, 0.5) is 5.69 Å². The van der Waals surface area contributed by atoms with Gasteiger partial charge in [0.05, 0.1) is 19.8 Å². The highest BCUT2D eigenvalue weighted by atomic mass is 16.5. The first-order valence-electron chi connectivity index (χ1n) is 6.92. The number of aromatic nitrogens is 4. The van der Waals surface area contributed by atoms with E-state index in [9.17, 15) is 0 Å². The Kier molecular flexibility index (Phi) is 5.10. The van der Waals surface area contributed by atoms with Gasteiger partial charge in [0.15, 0.2) is 5.82 Å². The molecule has 0 bridgehead atoms. The molecule has 1 heterocycles. The molecule has 0 saturated heterocycles. The van der Waals surface area contributed by atoms with Gasteiger partial charge in [0, 0.05) is 18.4 Å². The van der Waals surface area contributed by atoms with E-state index in [2.05, 4.69) is 22.4 Å². The average Bonchev–Trinajstić information content (AvgIpc) is 2.96. The molecule has 0 radical (unpaired) electrons. The summed E-state index contributed by atoms with van der Waals surface area (Å²) < 4.78 is 12.3. The molecule has 0 aliphatic rings. The van der Waals surface area contributed by atoms with E-state index in [0.717, 1.165) is 18.4 Å². The normalized spacial score (nSPS) is 12.3. The molecule has 2 N–H and O–H groups in total. The van der Waals surface area contributed by atoms with E-state index in [1.807, 2.05) is 12.1 Å². The van der Waals surface area contributed by atoms with Crippen molar-refractivity contribution in [1.29, 1.82) is 0 Å². The monoisotopic (exact) mass is 291 g/mol. The van der Waals surface area contributed by atoms with Gasteiger partial charge in [0.2, 0.25) is 0 Å². The Balaban J connectivity index is 2.43. The number of hydrogen-bond donors (Lipinski definition) is 1. The molecule has 7 heteroatoms. The molecule has 0 amide bonds. The Hall–Kier alpha value is -2.15. The zero-order valence-electron chi connectivity index (χ0n) is 12.6. The second-order valence-corrected chi connectivity index (χ2v) is 4.80. The lowest BCUT2D eigenvalue weighted by molar-refractivity contribution is 0.144. The van der Waals surface area contributed by atoms with Crippen molar-refractivity contribution < 1.29 is 9.47 Å². The quantitative estimate of drug-likeness (QED) is 0.784. The Bertz CT molecular complexity index is 578. The Morgan fingerprint density at radius 1 is 1.33 bits per heavy atom. The van der Waals surface area contributed by atoms with E-state index in [-0.39, 0.29) is 6.04 Å². The van der Waals surface area contributed by atoms with Crippen LogP contribution in [0, 0.1) is 0 Å². The van der Waals surface area contributed by atoms with Crippen LogP contribution in [0.5, 0.6) is 5.75 Å². The van der Waals surface area contributed by atoms with E-state index < -0.39 is 0 Å². The van der Waals surface area contributed by atoms with Gasteiger partial charge in [-0.1, -0.05) is 13.3 Å². The number of hydrogen-bond acceptors (Lipinski definition) is 6. The highest BCUT2D eigenvalue weighted by molar-refractivity contribution is 5.73. The summed E-state index contributed by atoms with van der Waals surface area (Å²) in [7, 11) is 3.29. The van der Waals surface area contributed by atoms with E-state index >= 15 is 0 Å². The smallest absolute Gasteiger partial charge is 0.184 e. The number of tetrazole rings is 1. The van der Waals surface area contributed by atoms with Gasteiger partial charge in [-0.3, -0.25) is 0 Å². The van der Waals surface area contributed by atoms with Crippen molar-refractivity contribution in [2.24, 2.45) is 0 Å². The molecule has 0 spiro atoms. The lowest BCUT2D eigenvalue weighted by Gasteiger charge is -2.17. The summed E-state index contributed by atoms with van der Waals surface area (Å²) >= 11 is 0. The third-order valence-corrected chi connectivity index (χ3v) is 3.32. The highest BCUT2D eigenvalue weighted by Gasteiger charge is 2.19. The maximum absolute atomic E-state index is 6.06. The average molecular weight is 291 g/mol. The van der Waals surface area contributed by atoms with Crippen molar-refractivity contribution in [1.82, 2.24) is 20.2 Å². The van der Waals surface area contributed by atoms with Gasteiger partial charge in [-0.15, -0.1) is 5.10 Å². The number of nitrogen functional groups attached to an aromatic ring is 1. The van der Waals surface area contributed by atoms with E-state index in [1.165, 1.54) is 0 Å². The lowest BCUT2D eigenvalue weighted by atomic mass is 10.1. The zero-order valence-corrected chi connectivity index (χ0v) is 12.6. The van der Waals surface area contributed by atoms with Crippen LogP contribution in [-0.4, -0.2) is 41.0 Å². The minimum absolute atomic E-state index is 0.0793. The van der Waals surface area contributed by atoms with Crippen molar-refractivity contribution in [3.63, 3.8) is 0 Å². The standard InChI is InChI=1S/C14H21N5O2/c1-4-5-10(9-20-2)19-14(16-17-18-19)12-8-11(21-3)6-7-13(12)15/h6-8,10H,4-5,9,15H2,1-3H3. The first-order valence-corrected chi connectivity index (χ1v) is 6.92. The molecular formula is C14H21N5O2. The Morgan fingerprint density at radius 2 is 2.14 bits per heavy atom. The van der Waals surface area contributed by atoms with Crippen LogP contribution in [-0.2, 0) is 4.74 Å². The minimum Gasteiger partial charge on any atom is -0.497 e. The predicted molar refractivity (Wildman–Crippen MR) is 80.0 cm³/mol. The van der Waals surface area contributed by atoms with Gasteiger partial charge in [0.25, 0.3) is 0 Å². The number of ether oxygens (including phenoxy) is 2. The van der Waals surface area contributed by atoms with Crippen LogP contribution in [0.25, 0.3) is 11.4 Å². The SMILES string of the molecule is CCCC(COC)n1nnnc1-c1cc(OC)ccc1N. The van der Waals surface area contributed by atoms with Crippen LogP contribution in [0.2, 0.25) is 0 Å². The molecule has 1 unspecified atom stereocenters. The maximum Gasteiger partial charge on any atom is 0.184 e. The van der Waals surface area contributed by atoms with Crippen molar-refractivity contribution in [2.45, 2.75) is 25.8 Å². The van der Waals surface area contributed by atoms with Crippen molar-refractivity contribution >= 4 is 5.69 Å². The lowest BCUT2D eigenvalue weighted by Crippen LogP contribution is -2.17. The minimum atomic E-state index is 0.0793. The van der Waals surface area contributed by atoms with E-state index in [0.29, 0.717) is 23.9 Å². The molecule has 0 saturated carbocycles. The largest absolute Gasteiger partial charge is 0.497 e. The predicted octanol–water partition coefficient (Wildman–Crippen LogP) is 1.92. The highest BCUT2D eigenvalue weighted by Crippen LogP contribution is 2.30. The summed E-state index contributed by atoms with van der Waals surface area (Å²) in [5, 5.41) is 12.0. The zero-order chi connectivity index (χ0) is 15.2. The number of rotatable bonds is 7. The second-order valence-electron chi connectivity index (χ2n) is 4.80. The summed E-state index contributed by atoms with van der Waals surface area (Å²) in [5.41, 5.74) is 7.43. The third kappa shape index (κ3) is 3.30. The van der Waals surface area contributed by atoms with Gasteiger partial charge in [-0.2, -0.15) is 0 Å². The summed E-state index contributed by atoms with van der Waals surface area (Å²) in [6.45, 7) is 2.67. The molecule has 114 valence electrons. The number of anilines is 1. The summed E-state index contributed by atoms with van der Waals surface area (Å²) in [4.78, 5) is 0. The number of methoxy groups -OCH3 is 2. The van der Waals surface area contributed by atoms with Crippen LogP contribution in [0.3, 0.4) is 0 Å². The van der Waals surface area contributed by atoms with Gasteiger partial charge in [-0.05, 0) is 35.0 Å². The molecule has 1 atom stereocenters. The van der Waals surface area contributed by atoms with Crippen molar-refractivity contribution in [3.05, 3.63) is 18.2 Å². The second kappa shape index (κ2) is 7.03. The Morgan fingerprint density at radius 3 is 2.81 bits per heavy atom. The molecule has 2 aromatic rings. The molecule has 1 aromatic heterocycles. The van der Waals surface area contributed by atoms with Crippen LogP contribution >= 0.6 is 0 Å². The number of benzene rings is 1. The fourth-order valence-electron chi connectivity index (χ4n) is 2.27. The summed E-state index contributed by atoms with van der Waals surface area (Å²) in [6.07, 6.45) is 1.94. The molecule has 21 heavy (non-hydrogen) atoms. The number of nitrogens with two attached hydrogens (primary N) is 1. The summed E-state index contributed by atoms with van der Waals surface area (Å²) in [6, 6.07) is 5.52. The molecular weight excluding hydrogens is 270 g/mol. The number of nitrogens with zero attached hydrogens (tertiary/aromatic N) is 4. The maximum atomic E-state index is 6.06. The molecule has 7 nitrogen and oxygen atoms in total. The van der Waals surface area contributed by atoms with Crippen molar-refractivity contribution in [3.8, 4) is 17.1 Å². The van der Waals surface area contributed by atoms with Crippen LogP contribution in [0.1, 0.15) is 25.8 Å². The fourth-order valence-corrected chi connectivity index (χ4v) is 2.27. The Labute approximate surface area is 124 Å². The first-order chi connectivity index (χ1) is 10.2. The fraction of sp³-hybridized carbons (Fsp3) is 0.500. The topological polar surface area (TPSA) is 88.1 Å². The van der Waals surface area contributed by atoms with E-state index in [1.54, 1.807) is 25.0 Å². The molecule has 1 aromatic carbocycles. The third-order valence-electron chi connectivity index (χ3n) is 3.32.